The van der Waals surface area contributed by atoms with Crippen LogP contribution in [0.5, 0.6) is 0 Å². The third-order valence-electron chi connectivity index (χ3n) is 3.51. The molecule has 2 heteroatoms. The molecule has 0 aromatic heterocycles. The van der Waals surface area contributed by atoms with Crippen LogP contribution in [0.15, 0.2) is 0 Å². The van der Waals surface area contributed by atoms with E-state index in [1.54, 1.807) is 0 Å². The van der Waals surface area contributed by atoms with Gasteiger partial charge in [-0.3, -0.25) is 0 Å². The summed E-state index contributed by atoms with van der Waals surface area (Å²) in [6, 6.07) is 0. The molecule has 1 aliphatic heterocycles. The number of hydrogen-bond donors (Lipinski definition) is 0. The lowest BCUT2D eigenvalue weighted by atomic mass is 9.98. The van der Waals surface area contributed by atoms with Crippen molar-refractivity contribution in [3.63, 3.8) is 0 Å². The van der Waals surface area contributed by atoms with Crippen molar-refractivity contribution < 1.29 is 9.47 Å². The van der Waals surface area contributed by atoms with E-state index in [-0.39, 0.29) is 6.29 Å². The summed E-state index contributed by atoms with van der Waals surface area (Å²) in [7, 11) is 0. The van der Waals surface area contributed by atoms with Gasteiger partial charge in [0.2, 0.25) is 0 Å². The van der Waals surface area contributed by atoms with Gasteiger partial charge in [0.25, 0.3) is 0 Å². The van der Waals surface area contributed by atoms with Crippen LogP contribution in [0.25, 0.3) is 0 Å². The van der Waals surface area contributed by atoms with Gasteiger partial charge in [-0.25, -0.2) is 0 Å². The van der Waals surface area contributed by atoms with Crippen molar-refractivity contribution in [3.8, 4) is 0 Å². The molecule has 0 spiro atoms. The Bertz CT molecular complexity index is 175. The molecule has 1 heterocycles. The van der Waals surface area contributed by atoms with E-state index in [2.05, 4.69) is 6.92 Å². The maximum absolute atomic E-state index is 5.92. The normalized spacial score (nSPS) is 31.8. The summed E-state index contributed by atoms with van der Waals surface area (Å²) in [6.07, 6.45) is 12.8. The fourth-order valence-corrected chi connectivity index (χ4v) is 2.44. The molecule has 0 bridgehead atoms. The summed E-state index contributed by atoms with van der Waals surface area (Å²) < 4.78 is 11.5. The third kappa shape index (κ3) is 3.76. The molecule has 1 saturated carbocycles. The molecule has 2 aliphatic rings. The zero-order valence-corrected chi connectivity index (χ0v) is 9.91. The molecule has 0 amide bonds. The first-order valence-corrected chi connectivity index (χ1v) is 6.71. The molecule has 2 fully saturated rings. The molecule has 2 nitrogen and oxygen atoms in total. The summed E-state index contributed by atoms with van der Waals surface area (Å²) in [4.78, 5) is 0. The number of rotatable bonds is 6. The van der Waals surface area contributed by atoms with Gasteiger partial charge in [-0.05, 0) is 19.3 Å². The molecule has 88 valence electrons. The quantitative estimate of drug-likeness (QED) is 0.495. The van der Waals surface area contributed by atoms with Crippen LogP contribution >= 0.6 is 0 Å². The zero-order valence-electron chi connectivity index (χ0n) is 9.91. The molecule has 2 unspecified atom stereocenters. The van der Waals surface area contributed by atoms with Crippen LogP contribution in [0.4, 0.5) is 0 Å². The Balaban J connectivity index is 1.54. The number of unbranched alkanes of at least 4 members (excludes halogenated alkanes) is 2. The van der Waals surface area contributed by atoms with E-state index in [4.69, 9.17) is 9.47 Å². The van der Waals surface area contributed by atoms with Crippen LogP contribution in [0.1, 0.15) is 64.7 Å². The van der Waals surface area contributed by atoms with E-state index in [9.17, 15) is 0 Å². The Morgan fingerprint density at radius 2 is 1.93 bits per heavy atom. The number of epoxide rings is 1. The summed E-state index contributed by atoms with van der Waals surface area (Å²) >= 11 is 0. The Hall–Kier alpha value is -0.0800. The lowest BCUT2D eigenvalue weighted by molar-refractivity contribution is -0.0281. The van der Waals surface area contributed by atoms with Crippen molar-refractivity contribution in [2.45, 2.75) is 83.2 Å². The fourth-order valence-electron chi connectivity index (χ4n) is 2.44. The molecule has 0 aromatic rings. The smallest absolute Gasteiger partial charge is 0.184 e. The molecule has 0 N–H and O–H groups in total. The van der Waals surface area contributed by atoms with E-state index in [0.29, 0.717) is 12.2 Å². The van der Waals surface area contributed by atoms with E-state index in [0.717, 1.165) is 0 Å². The average Bonchev–Trinajstić information content (AvgIpc) is 2.99. The van der Waals surface area contributed by atoms with Crippen molar-refractivity contribution in [2.75, 3.05) is 0 Å². The van der Waals surface area contributed by atoms with E-state index in [1.165, 1.54) is 57.8 Å². The lowest BCUT2D eigenvalue weighted by Gasteiger charge is -2.20. The highest BCUT2D eigenvalue weighted by atomic mass is 16.8. The standard InChI is InChI=1S/C13H24O2/c1-2-3-5-10-12-13(15-12)14-11-8-6-4-7-9-11/h11-13H,2-10H2,1H3. The Kier molecular flexibility index (Phi) is 4.45. The molecule has 2 rings (SSSR count). The Labute approximate surface area is 93.3 Å². The SMILES string of the molecule is CCCCCC1OC1OC1CCCCC1. The molecule has 2 atom stereocenters. The minimum Gasteiger partial charge on any atom is -0.347 e. The van der Waals surface area contributed by atoms with Gasteiger partial charge in [0.05, 0.1) is 6.10 Å². The summed E-state index contributed by atoms with van der Waals surface area (Å²) in [5.74, 6) is 0. The number of hydrogen-bond acceptors (Lipinski definition) is 2. The van der Waals surface area contributed by atoms with Gasteiger partial charge in [0, 0.05) is 0 Å². The first-order valence-electron chi connectivity index (χ1n) is 6.71. The molecule has 1 aliphatic carbocycles. The fraction of sp³-hybridized carbons (Fsp3) is 1.00. The highest BCUT2D eigenvalue weighted by Crippen LogP contribution is 2.32. The Morgan fingerprint density at radius 1 is 1.13 bits per heavy atom. The molecular weight excluding hydrogens is 188 g/mol. The van der Waals surface area contributed by atoms with Gasteiger partial charge >= 0.3 is 0 Å². The molecule has 0 aromatic carbocycles. The van der Waals surface area contributed by atoms with Gasteiger partial charge in [-0.15, -0.1) is 0 Å². The first kappa shape index (κ1) is 11.4. The van der Waals surface area contributed by atoms with Gasteiger partial charge in [-0.1, -0.05) is 45.4 Å². The monoisotopic (exact) mass is 212 g/mol. The van der Waals surface area contributed by atoms with Crippen molar-refractivity contribution in [1.82, 2.24) is 0 Å². The van der Waals surface area contributed by atoms with Crippen LogP contribution in [0.2, 0.25) is 0 Å². The topological polar surface area (TPSA) is 21.8 Å². The second-order valence-electron chi connectivity index (χ2n) is 4.93. The maximum Gasteiger partial charge on any atom is 0.184 e. The zero-order chi connectivity index (χ0) is 10.5. The second kappa shape index (κ2) is 5.86. The highest BCUT2D eigenvalue weighted by Gasteiger charge is 2.40. The lowest BCUT2D eigenvalue weighted by Crippen LogP contribution is -2.19. The van der Waals surface area contributed by atoms with E-state index >= 15 is 0 Å². The van der Waals surface area contributed by atoms with Crippen LogP contribution < -0.4 is 0 Å². The van der Waals surface area contributed by atoms with Gasteiger partial charge in [-0.2, -0.15) is 0 Å². The largest absolute Gasteiger partial charge is 0.347 e. The van der Waals surface area contributed by atoms with Crippen LogP contribution in [-0.2, 0) is 9.47 Å². The molecule has 15 heavy (non-hydrogen) atoms. The maximum atomic E-state index is 5.92. The summed E-state index contributed by atoms with van der Waals surface area (Å²) in [6.45, 7) is 2.24. The minimum atomic E-state index is 0.157. The van der Waals surface area contributed by atoms with Crippen LogP contribution in [0.3, 0.4) is 0 Å². The van der Waals surface area contributed by atoms with Crippen LogP contribution in [0, 0.1) is 0 Å². The molecular formula is C13H24O2. The van der Waals surface area contributed by atoms with Crippen molar-refractivity contribution in [1.29, 1.82) is 0 Å². The van der Waals surface area contributed by atoms with E-state index in [1.807, 2.05) is 0 Å². The number of ether oxygens (including phenoxy) is 2. The van der Waals surface area contributed by atoms with Crippen molar-refractivity contribution in [2.24, 2.45) is 0 Å². The first-order chi connectivity index (χ1) is 7.40. The van der Waals surface area contributed by atoms with Crippen molar-refractivity contribution >= 4 is 0 Å². The summed E-state index contributed by atoms with van der Waals surface area (Å²) in [5.41, 5.74) is 0. The van der Waals surface area contributed by atoms with Gasteiger partial charge < -0.3 is 9.47 Å². The van der Waals surface area contributed by atoms with Gasteiger partial charge in [0.1, 0.15) is 6.10 Å². The molecule has 0 radical (unpaired) electrons. The third-order valence-corrected chi connectivity index (χ3v) is 3.51. The van der Waals surface area contributed by atoms with Crippen LogP contribution in [-0.4, -0.2) is 18.5 Å². The predicted molar refractivity (Wildman–Crippen MR) is 60.8 cm³/mol. The Morgan fingerprint density at radius 3 is 2.67 bits per heavy atom. The molecule has 1 saturated heterocycles. The minimum absolute atomic E-state index is 0.157. The highest BCUT2D eigenvalue weighted by molar-refractivity contribution is 4.79. The van der Waals surface area contributed by atoms with Crippen molar-refractivity contribution in [3.05, 3.63) is 0 Å². The average molecular weight is 212 g/mol. The van der Waals surface area contributed by atoms with E-state index < -0.39 is 0 Å². The van der Waals surface area contributed by atoms with Gasteiger partial charge in [0.15, 0.2) is 6.29 Å². The second-order valence-corrected chi connectivity index (χ2v) is 4.93. The summed E-state index contributed by atoms with van der Waals surface area (Å²) in [5, 5.41) is 0. The predicted octanol–water partition coefficient (Wildman–Crippen LogP) is 3.64.